The van der Waals surface area contributed by atoms with Gasteiger partial charge in [0.25, 0.3) is 0 Å². The fraction of sp³-hybridized carbons (Fsp3) is 0.333. The standard InChI is InChI=1S/C15H18N4S/c1-3-16-14(6-11-8-18-19(2)10-11)12-7-15-13(17-9-12)4-5-20-15/h4-5,7-10,14,16H,3,6H2,1-2H3. The van der Waals surface area contributed by atoms with Crippen molar-refractivity contribution in [3.05, 3.63) is 47.2 Å². The first-order valence-corrected chi connectivity index (χ1v) is 7.68. The van der Waals surface area contributed by atoms with Crippen LogP contribution < -0.4 is 5.32 Å². The zero-order valence-electron chi connectivity index (χ0n) is 11.7. The number of hydrogen-bond donors (Lipinski definition) is 1. The maximum atomic E-state index is 4.54. The Balaban J connectivity index is 1.88. The number of rotatable bonds is 5. The molecular formula is C15H18N4S. The molecule has 0 aliphatic rings. The van der Waals surface area contributed by atoms with E-state index in [1.165, 1.54) is 15.8 Å². The number of thiophene rings is 1. The van der Waals surface area contributed by atoms with Gasteiger partial charge >= 0.3 is 0 Å². The molecule has 4 nitrogen and oxygen atoms in total. The first kappa shape index (κ1) is 13.3. The van der Waals surface area contributed by atoms with Gasteiger partial charge in [0.15, 0.2) is 0 Å². The maximum Gasteiger partial charge on any atom is 0.0809 e. The molecule has 0 spiro atoms. The van der Waals surface area contributed by atoms with E-state index < -0.39 is 0 Å². The fourth-order valence-electron chi connectivity index (χ4n) is 2.42. The predicted molar refractivity (Wildman–Crippen MR) is 82.9 cm³/mol. The van der Waals surface area contributed by atoms with E-state index in [4.69, 9.17) is 0 Å². The molecule has 0 aromatic carbocycles. The number of likely N-dealkylation sites (N-methyl/N-ethyl adjacent to an activating group) is 1. The molecule has 1 N–H and O–H groups in total. The second-order valence-electron chi connectivity index (χ2n) is 4.91. The van der Waals surface area contributed by atoms with E-state index >= 15 is 0 Å². The minimum Gasteiger partial charge on any atom is -0.310 e. The summed E-state index contributed by atoms with van der Waals surface area (Å²) in [5.74, 6) is 0. The smallest absolute Gasteiger partial charge is 0.0809 e. The molecule has 1 atom stereocenters. The van der Waals surface area contributed by atoms with Crippen LogP contribution in [-0.2, 0) is 13.5 Å². The Morgan fingerprint density at radius 1 is 1.40 bits per heavy atom. The van der Waals surface area contributed by atoms with Crippen molar-refractivity contribution in [1.82, 2.24) is 20.1 Å². The van der Waals surface area contributed by atoms with Crippen LogP contribution in [0, 0.1) is 0 Å². The van der Waals surface area contributed by atoms with Crippen LogP contribution in [0.2, 0.25) is 0 Å². The zero-order valence-corrected chi connectivity index (χ0v) is 12.5. The largest absolute Gasteiger partial charge is 0.310 e. The first-order valence-electron chi connectivity index (χ1n) is 6.80. The molecule has 0 bridgehead atoms. The number of hydrogen-bond acceptors (Lipinski definition) is 4. The molecule has 3 aromatic rings. The van der Waals surface area contributed by atoms with E-state index in [1.54, 1.807) is 11.3 Å². The van der Waals surface area contributed by atoms with Crippen molar-refractivity contribution in [2.24, 2.45) is 7.05 Å². The Bertz CT molecular complexity index is 701. The third kappa shape index (κ3) is 2.73. The Hall–Kier alpha value is -1.72. The summed E-state index contributed by atoms with van der Waals surface area (Å²) < 4.78 is 3.09. The van der Waals surface area contributed by atoms with E-state index in [1.807, 2.05) is 24.1 Å². The van der Waals surface area contributed by atoms with E-state index in [2.05, 4.69) is 46.0 Å². The Kier molecular flexibility index (Phi) is 3.80. The van der Waals surface area contributed by atoms with E-state index in [0.717, 1.165) is 18.5 Å². The van der Waals surface area contributed by atoms with Gasteiger partial charge in [-0.05, 0) is 41.6 Å². The minimum atomic E-state index is 0.281. The summed E-state index contributed by atoms with van der Waals surface area (Å²) in [4.78, 5) is 4.54. The maximum absolute atomic E-state index is 4.54. The number of aromatic nitrogens is 3. The highest BCUT2D eigenvalue weighted by Crippen LogP contribution is 2.24. The van der Waals surface area contributed by atoms with Gasteiger partial charge in [0.05, 0.1) is 16.4 Å². The number of nitrogens with one attached hydrogen (secondary N) is 1. The summed E-state index contributed by atoms with van der Waals surface area (Å²) in [5.41, 5.74) is 3.56. The van der Waals surface area contributed by atoms with Crippen molar-refractivity contribution in [2.45, 2.75) is 19.4 Å². The molecule has 3 aromatic heterocycles. The van der Waals surface area contributed by atoms with E-state index in [9.17, 15) is 0 Å². The summed E-state index contributed by atoms with van der Waals surface area (Å²) in [7, 11) is 1.95. The molecule has 0 amide bonds. The van der Waals surface area contributed by atoms with Crippen molar-refractivity contribution >= 4 is 21.6 Å². The zero-order chi connectivity index (χ0) is 13.9. The average Bonchev–Trinajstić information content (AvgIpc) is 3.06. The Labute approximate surface area is 122 Å². The van der Waals surface area contributed by atoms with Gasteiger partial charge in [0, 0.05) is 25.5 Å². The molecule has 0 fully saturated rings. The van der Waals surface area contributed by atoms with Crippen molar-refractivity contribution in [2.75, 3.05) is 6.54 Å². The van der Waals surface area contributed by atoms with Crippen LogP contribution in [0.5, 0.6) is 0 Å². The molecule has 0 radical (unpaired) electrons. The number of nitrogens with zero attached hydrogens (tertiary/aromatic N) is 3. The Morgan fingerprint density at radius 3 is 3.05 bits per heavy atom. The van der Waals surface area contributed by atoms with Crippen LogP contribution in [0.15, 0.2) is 36.1 Å². The quantitative estimate of drug-likeness (QED) is 0.784. The minimum absolute atomic E-state index is 0.281. The lowest BCUT2D eigenvalue weighted by molar-refractivity contribution is 0.549. The van der Waals surface area contributed by atoms with Gasteiger partial charge in [-0.2, -0.15) is 5.10 Å². The molecule has 5 heteroatoms. The van der Waals surface area contributed by atoms with Crippen LogP contribution in [0.25, 0.3) is 10.2 Å². The summed E-state index contributed by atoms with van der Waals surface area (Å²) >= 11 is 1.74. The van der Waals surface area contributed by atoms with Crippen LogP contribution in [0.3, 0.4) is 0 Å². The number of aryl methyl sites for hydroxylation is 1. The molecule has 20 heavy (non-hydrogen) atoms. The van der Waals surface area contributed by atoms with Crippen LogP contribution in [0.4, 0.5) is 0 Å². The lowest BCUT2D eigenvalue weighted by Gasteiger charge is -2.17. The fourth-order valence-corrected chi connectivity index (χ4v) is 3.21. The topological polar surface area (TPSA) is 42.7 Å². The van der Waals surface area contributed by atoms with Gasteiger partial charge in [0.1, 0.15) is 0 Å². The predicted octanol–water partition coefficient (Wildman–Crippen LogP) is 2.92. The third-order valence-corrected chi connectivity index (χ3v) is 4.23. The Morgan fingerprint density at radius 2 is 2.30 bits per heavy atom. The second kappa shape index (κ2) is 5.73. The normalized spacial score (nSPS) is 12.9. The molecule has 3 rings (SSSR count). The third-order valence-electron chi connectivity index (χ3n) is 3.37. The highest BCUT2D eigenvalue weighted by atomic mass is 32.1. The second-order valence-corrected chi connectivity index (χ2v) is 5.86. The van der Waals surface area contributed by atoms with Crippen molar-refractivity contribution < 1.29 is 0 Å². The number of pyridine rings is 1. The molecule has 3 heterocycles. The van der Waals surface area contributed by atoms with Gasteiger partial charge in [-0.3, -0.25) is 9.67 Å². The van der Waals surface area contributed by atoms with Crippen molar-refractivity contribution in [3.8, 4) is 0 Å². The summed E-state index contributed by atoms with van der Waals surface area (Å²) in [6.45, 7) is 3.07. The molecule has 1 unspecified atom stereocenters. The summed E-state index contributed by atoms with van der Waals surface area (Å²) in [6, 6.07) is 4.59. The average molecular weight is 286 g/mol. The molecular weight excluding hydrogens is 268 g/mol. The highest BCUT2D eigenvalue weighted by Gasteiger charge is 2.13. The van der Waals surface area contributed by atoms with Crippen LogP contribution in [-0.4, -0.2) is 21.3 Å². The summed E-state index contributed by atoms with van der Waals surface area (Å²) in [6.07, 6.45) is 6.92. The van der Waals surface area contributed by atoms with Gasteiger partial charge in [-0.1, -0.05) is 6.92 Å². The lowest BCUT2D eigenvalue weighted by atomic mass is 10.0. The van der Waals surface area contributed by atoms with Crippen molar-refractivity contribution in [1.29, 1.82) is 0 Å². The van der Waals surface area contributed by atoms with Gasteiger partial charge in [0.2, 0.25) is 0 Å². The van der Waals surface area contributed by atoms with Crippen LogP contribution >= 0.6 is 11.3 Å². The molecule has 0 aliphatic carbocycles. The molecule has 0 aliphatic heterocycles. The van der Waals surface area contributed by atoms with Gasteiger partial charge < -0.3 is 5.32 Å². The van der Waals surface area contributed by atoms with E-state index in [-0.39, 0.29) is 6.04 Å². The monoisotopic (exact) mass is 286 g/mol. The molecule has 104 valence electrons. The summed E-state index contributed by atoms with van der Waals surface area (Å²) in [5, 5.41) is 9.87. The van der Waals surface area contributed by atoms with Gasteiger partial charge in [-0.15, -0.1) is 11.3 Å². The highest BCUT2D eigenvalue weighted by molar-refractivity contribution is 7.17. The SMILES string of the molecule is CCNC(Cc1cnn(C)c1)c1cnc2ccsc2c1. The van der Waals surface area contributed by atoms with Crippen molar-refractivity contribution in [3.63, 3.8) is 0 Å². The van der Waals surface area contributed by atoms with E-state index in [0.29, 0.717) is 0 Å². The van der Waals surface area contributed by atoms with Gasteiger partial charge in [-0.25, -0.2) is 0 Å². The van der Waals surface area contributed by atoms with Crippen LogP contribution in [0.1, 0.15) is 24.1 Å². The molecule has 0 saturated carbocycles. The lowest BCUT2D eigenvalue weighted by Crippen LogP contribution is -2.23. The molecule has 0 saturated heterocycles. The first-order chi connectivity index (χ1) is 9.76. The number of fused-ring (bicyclic) bond motifs is 1.